The summed E-state index contributed by atoms with van der Waals surface area (Å²) in [7, 11) is 1.29. The minimum atomic E-state index is -4.01. The van der Waals surface area contributed by atoms with Crippen LogP contribution in [0.4, 0.5) is 11.4 Å². The first-order chi connectivity index (χ1) is 16.8. The van der Waals surface area contributed by atoms with Gasteiger partial charge in [-0.2, -0.15) is 0 Å². The maximum Gasteiger partial charge on any atom is 0.262 e. The molecule has 4 aromatic rings. The second kappa shape index (κ2) is 10.1. The maximum atomic E-state index is 13.5. The molecule has 4 rings (SSSR count). The summed E-state index contributed by atoms with van der Waals surface area (Å²) >= 11 is 0. The van der Waals surface area contributed by atoms with Gasteiger partial charge in [-0.25, -0.2) is 8.42 Å². The van der Waals surface area contributed by atoms with Gasteiger partial charge in [0.15, 0.2) is 0 Å². The Kier molecular flexibility index (Phi) is 6.93. The second-order valence-corrected chi connectivity index (χ2v) is 9.86. The van der Waals surface area contributed by atoms with Gasteiger partial charge in [0, 0.05) is 37.1 Å². The quantitative estimate of drug-likeness (QED) is 0.376. The van der Waals surface area contributed by atoms with E-state index >= 15 is 0 Å². The van der Waals surface area contributed by atoms with Crippen molar-refractivity contribution >= 4 is 38.1 Å². The standard InChI is InChI=1S/C27H27N3O4S/c1-30(2)25-13-7-12-22-21(25)11-8-14-26(22)35(32,33)29-24-16-15-20(34-3)17-23(24)27(31)28-18-19-9-5-4-6-10-19/h4-17,29H,18H2,1-3H3,(H,28,31). The van der Waals surface area contributed by atoms with Crippen LogP contribution in [-0.2, 0) is 16.6 Å². The van der Waals surface area contributed by atoms with E-state index in [0.717, 1.165) is 16.6 Å². The average Bonchev–Trinajstić information content (AvgIpc) is 2.87. The molecule has 0 fully saturated rings. The van der Waals surface area contributed by atoms with E-state index in [1.165, 1.54) is 19.2 Å². The van der Waals surface area contributed by atoms with E-state index in [9.17, 15) is 13.2 Å². The summed E-state index contributed by atoms with van der Waals surface area (Å²) < 4.78 is 34.9. The van der Waals surface area contributed by atoms with Crippen LogP contribution >= 0.6 is 0 Å². The molecule has 0 unspecified atom stereocenters. The van der Waals surface area contributed by atoms with E-state index in [1.807, 2.05) is 67.5 Å². The highest BCUT2D eigenvalue weighted by Gasteiger charge is 2.22. The van der Waals surface area contributed by atoms with Gasteiger partial charge in [0.25, 0.3) is 15.9 Å². The van der Waals surface area contributed by atoms with Crippen LogP contribution in [0.5, 0.6) is 5.75 Å². The molecule has 0 aliphatic rings. The van der Waals surface area contributed by atoms with Crippen molar-refractivity contribution in [2.24, 2.45) is 0 Å². The van der Waals surface area contributed by atoms with E-state index < -0.39 is 15.9 Å². The van der Waals surface area contributed by atoms with Crippen LogP contribution in [0.15, 0.2) is 89.8 Å². The molecule has 0 atom stereocenters. The van der Waals surface area contributed by atoms with E-state index in [1.54, 1.807) is 24.3 Å². The van der Waals surface area contributed by atoms with Gasteiger partial charge in [0.05, 0.1) is 23.3 Å². The van der Waals surface area contributed by atoms with Crippen molar-refractivity contribution in [1.82, 2.24) is 5.32 Å². The number of amides is 1. The number of nitrogens with zero attached hydrogens (tertiary/aromatic N) is 1. The van der Waals surface area contributed by atoms with E-state index in [0.29, 0.717) is 17.7 Å². The number of anilines is 2. The number of carbonyl (C=O) groups excluding carboxylic acids is 1. The van der Waals surface area contributed by atoms with Crippen molar-refractivity contribution in [1.29, 1.82) is 0 Å². The van der Waals surface area contributed by atoms with E-state index in [4.69, 9.17) is 4.74 Å². The first-order valence-corrected chi connectivity index (χ1v) is 12.5. The summed E-state index contributed by atoms with van der Waals surface area (Å²) in [6.07, 6.45) is 0. The Morgan fingerprint density at radius 3 is 2.31 bits per heavy atom. The molecule has 0 bridgehead atoms. The molecule has 4 aromatic carbocycles. The fourth-order valence-electron chi connectivity index (χ4n) is 3.89. The lowest BCUT2D eigenvalue weighted by molar-refractivity contribution is 0.0951. The topological polar surface area (TPSA) is 87.7 Å². The number of rotatable bonds is 8. The van der Waals surface area contributed by atoms with Crippen LogP contribution in [0.3, 0.4) is 0 Å². The Bertz CT molecular complexity index is 1470. The molecule has 0 heterocycles. The first kappa shape index (κ1) is 24.1. The molecule has 35 heavy (non-hydrogen) atoms. The third kappa shape index (κ3) is 5.22. The lowest BCUT2D eigenvalue weighted by Gasteiger charge is -2.18. The minimum absolute atomic E-state index is 0.130. The third-order valence-corrected chi connectivity index (χ3v) is 7.07. The normalized spacial score (nSPS) is 11.2. The molecule has 0 radical (unpaired) electrons. The van der Waals surface area contributed by atoms with E-state index in [-0.39, 0.29) is 16.1 Å². The number of ether oxygens (including phenoxy) is 1. The molecular formula is C27H27N3O4S. The van der Waals surface area contributed by atoms with Crippen molar-refractivity contribution < 1.29 is 17.9 Å². The summed E-state index contributed by atoms with van der Waals surface area (Å²) in [5, 5.41) is 4.26. The highest BCUT2D eigenvalue weighted by molar-refractivity contribution is 7.93. The molecule has 0 aromatic heterocycles. The zero-order chi connectivity index (χ0) is 25.0. The molecule has 0 spiro atoms. The molecule has 1 amide bonds. The first-order valence-electron chi connectivity index (χ1n) is 11.0. The Labute approximate surface area is 205 Å². The molecular weight excluding hydrogens is 462 g/mol. The molecule has 2 N–H and O–H groups in total. The summed E-state index contributed by atoms with van der Waals surface area (Å²) in [6.45, 7) is 0.305. The molecule has 8 heteroatoms. The number of methoxy groups -OCH3 is 1. The van der Waals surface area contributed by atoms with Gasteiger partial charge in [-0.15, -0.1) is 0 Å². The minimum Gasteiger partial charge on any atom is -0.497 e. The number of hydrogen-bond donors (Lipinski definition) is 2. The van der Waals surface area contributed by atoms with Crippen molar-refractivity contribution in [3.63, 3.8) is 0 Å². The SMILES string of the molecule is COc1ccc(NS(=O)(=O)c2cccc3c(N(C)C)cccc23)c(C(=O)NCc2ccccc2)c1. The van der Waals surface area contributed by atoms with Crippen LogP contribution in [-0.4, -0.2) is 35.5 Å². The maximum absolute atomic E-state index is 13.5. The van der Waals surface area contributed by atoms with Crippen LogP contribution < -0.4 is 19.7 Å². The fraction of sp³-hybridized carbons (Fsp3) is 0.148. The Morgan fingerprint density at radius 2 is 1.60 bits per heavy atom. The number of benzene rings is 4. The lowest BCUT2D eigenvalue weighted by atomic mass is 10.1. The predicted octanol–water partition coefficient (Wildman–Crippen LogP) is 4.65. The van der Waals surface area contributed by atoms with Gasteiger partial charge in [0.2, 0.25) is 0 Å². The number of sulfonamides is 1. The van der Waals surface area contributed by atoms with Crippen molar-refractivity contribution in [3.8, 4) is 5.75 Å². The number of fused-ring (bicyclic) bond motifs is 1. The monoisotopic (exact) mass is 489 g/mol. The van der Waals surface area contributed by atoms with Gasteiger partial charge in [-0.1, -0.05) is 54.6 Å². The van der Waals surface area contributed by atoms with Crippen LogP contribution in [0.2, 0.25) is 0 Å². The van der Waals surface area contributed by atoms with Crippen LogP contribution in [0, 0.1) is 0 Å². The summed E-state index contributed by atoms with van der Waals surface area (Å²) in [6, 6.07) is 24.8. The summed E-state index contributed by atoms with van der Waals surface area (Å²) in [5.41, 5.74) is 2.17. The zero-order valence-electron chi connectivity index (χ0n) is 19.8. The van der Waals surface area contributed by atoms with Gasteiger partial charge in [-0.05, 0) is 35.9 Å². The summed E-state index contributed by atoms with van der Waals surface area (Å²) in [4.78, 5) is 15.1. The summed E-state index contributed by atoms with van der Waals surface area (Å²) in [5.74, 6) is 0.0249. The average molecular weight is 490 g/mol. The highest BCUT2D eigenvalue weighted by atomic mass is 32.2. The van der Waals surface area contributed by atoms with Gasteiger partial charge in [-0.3, -0.25) is 9.52 Å². The Balaban J connectivity index is 1.69. The van der Waals surface area contributed by atoms with Crippen molar-refractivity contribution in [2.75, 3.05) is 30.8 Å². The zero-order valence-corrected chi connectivity index (χ0v) is 20.6. The largest absolute Gasteiger partial charge is 0.497 e. The van der Waals surface area contributed by atoms with Gasteiger partial charge < -0.3 is 15.0 Å². The lowest BCUT2D eigenvalue weighted by Crippen LogP contribution is -2.25. The third-order valence-electron chi connectivity index (χ3n) is 5.64. The van der Waals surface area contributed by atoms with Crippen molar-refractivity contribution in [3.05, 3.63) is 96.1 Å². The smallest absolute Gasteiger partial charge is 0.262 e. The highest BCUT2D eigenvalue weighted by Crippen LogP contribution is 2.32. The molecule has 180 valence electrons. The second-order valence-electron chi connectivity index (χ2n) is 8.21. The van der Waals surface area contributed by atoms with Gasteiger partial charge in [0.1, 0.15) is 5.75 Å². The van der Waals surface area contributed by atoms with Gasteiger partial charge >= 0.3 is 0 Å². The Morgan fingerprint density at radius 1 is 0.886 bits per heavy atom. The van der Waals surface area contributed by atoms with Crippen LogP contribution in [0.25, 0.3) is 10.8 Å². The Hall–Kier alpha value is -4.04. The molecule has 0 aliphatic carbocycles. The predicted molar refractivity (Wildman–Crippen MR) is 140 cm³/mol. The van der Waals surface area contributed by atoms with E-state index in [2.05, 4.69) is 10.0 Å². The number of hydrogen-bond acceptors (Lipinski definition) is 5. The number of nitrogens with one attached hydrogen (secondary N) is 2. The molecule has 0 saturated heterocycles. The number of carbonyl (C=O) groups is 1. The molecule has 7 nitrogen and oxygen atoms in total. The fourth-order valence-corrected chi connectivity index (χ4v) is 5.19. The van der Waals surface area contributed by atoms with Crippen molar-refractivity contribution in [2.45, 2.75) is 11.4 Å². The molecule has 0 saturated carbocycles. The van der Waals surface area contributed by atoms with Crippen LogP contribution in [0.1, 0.15) is 15.9 Å². The molecule has 0 aliphatic heterocycles.